The number of fused-ring (bicyclic) bond motifs is 1. The van der Waals surface area contributed by atoms with E-state index in [9.17, 15) is 17.6 Å². The van der Waals surface area contributed by atoms with Crippen molar-refractivity contribution < 1.29 is 17.6 Å². The van der Waals surface area contributed by atoms with Crippen molar-refractivity contribution in [2.45, 2.75) is 36.6 Å². The molecule has 1 amide bonds. The van der Waals surface area contributed by atoms with Gasteiger partial charge in [0.1, 0.15) is 5.82 Å². The first-order chi connectivity index (χ1) is 15.9. The zero-order valence-corrected chi connectivity index (χ0v) is 19.1. The molecule has 0 aliphatic carbocycles. The molecule has 1 atom stereocenters. The smallest absolute Gasteiger partial charge is 0.243 e. The van der Waals surface area contributed by atoms with Crippen LogP contribution in [0, 0.1) is 5.82 Å². The Hall–Kier alpha value is -3.03. The van der Waals surface area contributed by atoms with Gasteiger partial charge in [0.05, 0.1) is 10.9 Å². The average molecular weight is 467 g/mol. The van der Waals surface area contributed by atoms with Gasteiger partial charge in [-0.15, -0.1) is 0 Å². The summed E-state index contributed by atoms with van der Waals surface area (Å²) in [6.07, 6.45) is 2.25. The van der Waals surface area contributed by atoms with E-state index >= 15 is 0 Å². The van der Waals surface area contributed by atoms with Crippen molar-refractivity contribution in [2.24, 2.45) is 0 Å². The normalized spacial score (nSPS) is 16.2. The van der Waals surface area contributed by atoms with Crippen molar-refractivity contribution in [2.75, 3.05) is 13.1 Å². The molecule has 7 heteroatoms. The van der Waals surface area contributed by atoms with Gasteiger partial charge in [0.25, 0.3) is 0 Å². The van der Waals surface area contributed by atoms with Crippen LogP contribution in [0.15, 0.2) is 83.8 Å². The number of carbonyl (C=O) groups excluding carboxylic acids is 1. The Morgan fingerprint density at radius 2 is 1.67 bits per heavy atom. The van der Waals surface area contributed by atoms with Gasteiger partial charge in [-0.2, -0.15) is 4.31 Å². The van der Waals surface area contributed by atoms with Crippen LogP contribution in [-0.4, -0.2) is 31.7 Å². The number of aryl methyl sites for hydroxylation is 1. The summed E-state index contributed by atoms with van der Waals surface area (Å²) in [5.41, 5.74) is 3.10. The molecule has 1 aliphatic rings. The van der Waals surface area contributed by atoms with Crippen LogP contribution in [0.25, 0.3) is 0 Å². The minimum absolute atomic E-state index is 0.0246. The number of hydrogen-bond donors (Lipinski definition) is 1. The summed E-state index contributed by atoms with van der Waals surface area (Å²) in [6, 6.07) is 21.9. The first-order valence-corrected chi connectivity index (χ1v) is 12.5. The van der Waals surface area contributed by atoms with E-state index < -0.39 is 21.9 Å². The molecule has 0 saturated carbocycles. The maximum absolute atomic E-state index is 13.4. The molecule has 0 bridgehead atoms. The zero-order chi connectivity index (χ0) is 23.3. The lowest BCUT2D eigenvalue weighted by atomic mass is 9.92. The average Bonchev–Trinajstić information content (AvgIpc) is 2.83. The predicted octanol–water partition coefficient (Wildman–Crippen LogP) is 4.25. The number of hydrogen-bond acceptors (Lipinski definition) is 3. The number of rotatable bonds is 8. The molecule has 0 unspecified atom stereocenters. The van der Waals surface area contributed by atoms with E-state index in [-0.39, 0.29) is 23.8 Å². The summed E-state index contributed by atoms with van der Waals surface area (Å²) in [5.74, 6) is -0.687. The molecule has 1 aliphatic heterocycles. The van der Waals surface area contributed by atoms with Gasteiger partial charge in [0.2, 0.25) is 15.9 Å². The molecule has 172 valence electrons. The molecule has 4 rings (SSSR count). The maximum Gasteiger partial charge on any atom is 0.243 e. The first-order valence-electron chi connectivity index (χ1n) is 11.1. The zero-order valence-electron chi connectivity index (χ0n) is 18.3. The van der Waals surface area contributed by atoms with Crippen LogP contribution in [0.3, 0.4) is 0 Å². The van der Waals surface area contributed by atoms with Gasteiger partial charge in [-0.3, -0.25) is 4.79 Å². The Balaban J connectivity index is 1.48. The van der Waals surface area contributed by atoms with Crippen molar-refractivity contribution in [1.82, 2.24) is 9.62 Å². The fourth-order valence-electron chi connectivity index (χ4n) is 4.28. The largest absolute Gasteiger partial charge is 0.356 e. The number of carbonyl (C=O) groups is 1. The number of halogens is 1. The van der Waals surface area contributed by atoms with Gasteiger partial charge in [-0.25, -0.2) is 12.8 Å². The lowest BCUT2D eigenvalue weighted by molar-refractivity contribution is -0.122. The Morgan fingerprint density at radius 3 is 2.42 bits per heavy atom. The third kappa shape index (κ3) is 5.49. The fourth-order valence-corrected chi connectivity index (χ4v) is 5.89. The molecule has 3 aromatic carbocycles. The number of amides is 1. The molecule has 5 nitrogen and oxygen atoms in total. The molecule has 1 heterocycles. The first kappa shape index (κ1) is 23.1. The van der Waals surface area contributed by atoms with E-state index in [1.54, 1.807) is 0 Å². The fraction of sp³-hybridized carbons (Fsp3) is 0.269. The summed E-state index contributed by atoms with van der Waals surface area (Å²) in [6.45, 7) is 0.787. The third-order valence-electron chi connectivity index (χ3n) is 5.97. The molecule has 0 radical (unpaired) electrons. The molecule has 1 N–H and O–H groups in total. The third-order valence-corrected chi connectivity index (χ3v) is 7.89. The van der Waals surface area contributed by atoms with Gasteiger partial charge in [-0.1, -0.05) is 54.6 Å². The Morgan fingerprint density at radius 1 is 0.970 bits per heavy atom. The van der Waals surface area contributed by atoms with Gasteiger partial charge >= 0.3 is 0 Å². The lowest BCUT2D eigenvalue weighted by Crippen LogP contribution is -2.42. The summed E-state index contributed by atoms with van der Waals surface area (Å²) in [5, 5.41) is 2.94. The van der Waals surface area contributed by atoms with Crippen LogP contribution in [-0.2, 0) is 27.7 Å². The van der Waals surface area contributed by atoms with Crippen molar-refractivity contribution >= 4 is 15.9 Å². The van der Waals surface area contributed by atoms with Gasteiger partial charge in [0.15, 0.2) is 0 Å². The van der Waals surface area contributed by atoms with Gasteiger partial charge < -0.3 is 5.32 Å². The Labute approximate surface area is 194 Å². The Bertz CT molecular complexity index is 1200. The minimum Gasteiger partial charge on any atom is -0.356 e. The van der Waals surface area contributed by atoms with Crippen molar-refractivity contribution in [3.63, 3.8) is 0 Å². The van der Waals surface area contributed by atoms with Gasteiger partial charge in [0, 0.05) is 19.5 Å². The SMILES string of the molecule is O=C(C[C@H]1c2ccccc2CCN1S(=O)(=O)c1ccc(F)cc1)NCCCc1ccccc1. The second-order valence-corrected chi connectivity index (χ2v) is 10.1. The van der Waals surface area contributed by atoms with Crippen LogP contribution in [0.2, 0.25) is 0 Å². The minimum atomic E-state index is -3.89. The number of benzene rings is 3. The molecular formula is C26H27FN2O3S. The lowest BCUT2D eigenvalue weighted by Gasteiger charge is -2.36. The monoisotopic (exact) mass is 466 g/mol. The highest BCUT2D eigenvalue weighted by molar-refractivity contribution is 7.89. The topological polar surface area (TPSA) is 66.5 Å². The standard InChI is InChI=1S/C26H27FN2O3S/c27-22-12-14-23(15-13-22)33(31,32)29-18-16-21-10-4-5-11-24(21)25(29)19-26(30)28-17-6-9-20-7-2-1-3-8-20/h1-5,7-8,10-15,25H,6,9,16-19H2,(H,28,30)/t25-/m0/s1. The molecule has 33 heavy (non-hydrogen) atoms. The van der Waals surface area contributed by atoms with Crippen LogP contribution < -0.4 is 5.32 Å². The van der Waals surface area contributed by atoms with Crippen molar-refractivity contribution in [1.29, 1.82) is 0 Å². The predicted molar refractivity (Wildman–Crippen MR) is 126 cm³/mol. The van der Waals surface area contributed by atoms with E-state index in [1.165, 1.54) is 22.0 Å². The van der Waals surface area contributed by atoms with E-state index in [1.807, 2.05) is 42.5 Å². The summed E-state index contributed by atoms with van der Waals surface area (Å²) >= 11 is 0. The molecular weight excluding hydrogens is 439 g/mol. The summed E-state index contributed by atoms with van der Waals surface area (Å²) in [7, 11) is -3.89. The second kappa shape index (κ2) is 10.3. The van der Waals surface area contributed by atoms with Crippen LogP contribution >= 0.6 is 0 Å². The highest BCUT2D eigenvalue weighted by Gasteiger charge is 2.37. The molecule has 0 saturated heterocycles. The van der Waals surface area contributed by atoms with Crippen LogP contribution in [0.5, 0.6) is 0 Å². The molecule has 0 spiro atoms. The maximum atomic E-state index is 13.4. The highest BCUT2D eigenvalue weighted by Crippen LogP contribution is 2.36. The number of sulfonamides is 1. The van der Waals surface area contributed by atoms with E-state index in [2.05, 4.69) is 17.4 Å². The van der Waals surface area contributed by atoms with E-state index in [4.69, 9.17) is 0 Å². The summed E-state index contributed by atoms with van der Waals surface area (Å²) in [4.78, 5) is 12.8. The molecule has 0 aromatic heterocycles. The molecule has 0 fully saturated rings. The van der Waals surface area contributed by atoms with Gasteiger partial charge in [-0.05, 0) is 60.2 Å². The second-order valence-electron chi connectivity index (χ2n) is 8.18. The number of nitrogens with zero attached hydrogens (tertiary/aromatic N) is 1. The molecule has 3 aromatic rings. The van der Waals surface area contributed by atoms with Crippen LogP contribution in [0.1, 0.15) is 35.6 Å². The van der Waals surface area contributed by atoms with E-state index in [0.717, 1.165) is 36.1 Å². The Kier molecular flexibility index (Phi) is 7.20. The summed E-state index contributed by atoms with van der Waals surface area (Å²) < 4.78 is 41.5. The van der Waals surface area contributed by atoms with Crippen molar-refractivity contribution in [3.8, 4) is 0 Å². The van der Waals surface area contributed by atoms with E-state index in [0.29, 0.717) is 13.0 Å². The van der Waals surface area contributed by atoms with Crippen molar-refractivity contribution in [3.05, 3.63) is 101 Å². The highest BCUT2D eigenvalue weighted by atomic mass is 32.2. The number of nitrogens with one attached hydrogen (secondary N) is 1. The quantitative estimate of drug-likeness (QED) is 0.505. The van der Waals surface area contributed by atoms with Crippen LogP contribution in [0.4, 0.5) is 4.39 Å².